The summed E-state index contributed by atoms with van der Waals surface area (Å²) in [5, 5.41) is 1.08. The predicted octanol–water partition coefficient (Wildman–Crippen LogP) is 5.16. The molecule has 0 saturated carbocycles. The second-order valence-corrected chi connectivity index (χ2v) is 8.47. The van der Waals surface area contributed by atoms with Gasteiger partial charge in [0, 0.05) is 29.4 Å². The molecule has 33 heavy (non-hydrogen) atoms. The van der Waals surface area contributed by atoms with Crippen LogP contribution in [-0.2, 0) is 20.7 Å². The second-order valence-electron chi connectivity index (χ2n) is 8.47. The van der Waals surface area contributed by atoms with E-state index in [1.807, 2.05) is 49.4 Å². The Morgan fingerprint density at radius 3 is 2.52 bits per heavy atom. The fourth-order valence-corrected chi connectivity index (χ4v) is 4.83. The number of aromatic nitrogens is 1. The number of ether oxygens (including phenoxy) is 2. The van der Waals surface area contributed by atoms with E-state index in [1.165, 1.54) is 7.11 Å². The fraction of sp³-hybridized carbons (Fsp3) is 0.407. The molecule has 174 valence electrons. The number of para-hydroxylation sites is 1. The Balaban J connectivity index is 1.85. The zero-order valence-electron chi connectivity index (χ0n) is 19.6. The van der Waals surface area contributed by atoms with Gasteiger partial charge in [-0.25, -0.2) is 4.79 Å². The van der Waals surface area contributed by atoms with Crippen molar-refractivity contribution >= 4 is 22.8 Å². The van der Waals surface area contributed by atoms with Crippen LogP contribution in [0.15, 0.2) is 48.5 Å². The summed E-state index contributed by atoms with van der Waals surface area (Å²) in [6.07, 6.45) is 3.65. The number of hydrogen-bond donors (Lipinski definition) is 1. The first-order chi connectivity index (χ1) is 16.1. The van der Waals surface area contributed by atoms with Gasteiger partial charge in [0.2, 0.25) is 5.91 Å². The SMILES string of the molecule is CCCCCC(=O)N1C(C(=O)OC)Cc2c([nH]c3ccccc23)C1c1ccc(OCC)cc1. The number of methoxy groups -OCH3 is 1. The van der Waals surface area contributed by atoms with Crippen molar-refractivity contribution in [3.63, 3.8) is 0 Å². The lowest BCUT2D eigenvalue weighted by Crippen LogP contribution is -2.51. The first-order valence-electron chi connectivity index (χ1n) is 11.8. The van der Waals surface area contributed by atoms with Crippen LogP contribution < -0.4 is 4.74 Å². The highest BCUT2D eigenvalue weighted by Gasteiger charge is 2.43. The normalized spacial score (nSPS) is 17.6. The number of H-pyrrole nitrogens is 1. The first-order valence-corrected chi connectivity index (χ1v) is 11.8. The van der Waals surface area contributed by atoms with Crippen LogP contribution in [-0.4, -0.2) is 41.5 Å². The Morgan fingerprint density at radius 2 is 1.82 bits per heavy atom. The molecule has 1 aliphatic heterocycles. The lowest BCUT2D eigenvalue weighted by atomic mass is 9.87. The van der Waals surface area contributed by atoms with Crippen LogP contribution in [0.5, 0.6) is 5.75 Å². The Morgan fingerprint density at radius 1 is 1.06 bits per heavy atom. The van der Waals surface area contributed by atoms with Crippen LogP contribution in [0.4, 0.5) is 0 Å². The number of fused-ring (bicyclic) bond motifs is 3. The van der Waals surface area contributed by atoms with Gasteiger partial charge in [0.15, 0.2) is 0 Å². The molecule has 2 unspecified atom stereocenters. The summed E-state index contributed by atoms with van der Waals surface area (Å²) in [4.78, 5) is 31.8. The van der Waals surface area contributed by atoms with E-state index in [2.05, 4.69) is 18.0 Å². The molecule has 1 aromatic heterocycles. The Bertz CT molecular complexity index is 1120. The van der Waals surface area contributed by atoms with Crippen LogP contribution in [0.1, 0.15) is 62.4 Å². The van der Waals surface area contributed by atoms with E-state index in [-0.39, 0.29) is 11.9 Å². The van der Waals surface area contributed by atoms with E-state index in [0.29, 0.717) is 19.4 Å². The molecular weight excluding hydrogens is 416 g/mol. The fourth-order valence-electron chi connectivity index (χ4n) is 4.83. The van der Waals surface area contributed by atoms with Crippen LogP contribution in [0.3, 0.4) is 0 Å². The van der Waals surface area contributed by atoms with Crippen molar-refractivity contribution in [2.45, 2.75) is 58.0 Å². The van der Waals surface area contributed by atoms with Crippen molar-refractivity contribution in [3.8, 4) is 5.75 Å². The number of nitrogens with zero attached hydrogens (tertiary/aromatic N) is 1. The summed E-state index contributed by atoms with van der Waals surface area (Å²) in [6.45, 7) is 4.65. The van der Waals surface area contributed by atoms with Gasteiger partial charge in [-0.2, -0.15) is 0 Å². The van der Waals surface area contributed by atoms with Crippen molar-refractivity contribution in [1.82, 2.24) is 9.88 Å². The Kier molecular flexibility index (Phi) is 7.02. The summed E-state index contributed by atoms with van der Waals surface area (Å²) in [7, 11) is 1.39. The summed E-state index contributed by atoms with van der Waals surface area (Å²) >= 11 is 0. The van der Waals surface area contributed by atoms with Gasteiger partial charge in [-0.15, -0.1) is 0 Å². The Labute approximate surface area is 194 Å². The second kappa shape index (κ2) is 10.1. The number of benzene rings is 2. The van der Waals surface area contributed by atoms with Gasteiger partial charge in [-0.1, -0.05) is 50.1 Å². The van der Waals surface area contributed by atoms with Crippen molar-refractivity contribution < 1.29 is 19.1 Å². The number of rotatable bonds is 8. The lowest BCUT2D eigenvalue weighted by molar-refractivity contribution is -0.155. The third kappa shape index (κ3) is 4.47. The van der Waals surface area contributed by atoms with Gasteiger partial charge in [0.25, 0.3) is 0 Å². The van der Waals surface area contributed by atoms with Crippen molar-refractivity contribution in [1.29, 1.82) is 0 Å². The van der Waals surface area contributed by atoms with Gasteiger partial charge >= 0.3 is 5.97 Å². The molecular formula is C27H32N2O4. The smallest absolute Gasteiger partial charge is 0.328 e. The number of aromatic amines is 1. The minimum absolute atomic E-state index is 0.0259. The van der Waals surface area contributed by atoms with E-state index < -0.39 is 12.1 Å². The molecule has 6 nitrogen and oxygen atoms in total. The Hall–Kier alpha value is -3.28. The van der Waals surface area contributed by atoms with Crippen molar-refractivity contribution in [2.75, 3.05) is 13.7 Å². The van der Waals surface area contributed by atoms with Crippen LogP contribution in [0, 0.1) is 0 Å². The molecule has 3 aromatic rings. The van der Waals surface area contributed by atoms with Crippen LogP contribution in [0.25, 0.3) is 10.9 Å². The molecule has 1 N–H and O–H groups in total. The maximum Gasteiger partial charge on any atom is 0.328 e. The highest BCUT2D eigenvalue weighted by Crippen LogP contribution is 2.42. The maximum atomic E-state index is 13.6. The zero-order chi connectivity index (χ0) is 23.4. The molecule has 2 aromatic carbocycles. The number of carbonyl (C=O) groups is 2. The molecule has 6 heteroatoms. The minimum atomic E-state index is -0.674. The van der Waals surface area contributed by atoms with Gasteiger partial charge in [-0.3, -0.25) is 4.79 Å². The first kappa shape index (κ1) is 22.9. The van der Waals surface area contributed by atoms with Crippen molar-refractivity contribution in [3.05, 3.63) is 65.4 Å². The predicted molar refractivity (Wildman–Crippen MR) is 128 cm³/mol. The molecule has 0 bridgehead atoms. The summed E-state index contributed by atoms with van der Waals surface area (Å²) in [5.74, 6) is 0.368. The number of unbranched alkanes of at least 4 members (excludes halogenated alkanes) is 2. The van der Waals surface area contributed by atoms with Crippen molar-refractivity contribution in [2.24, 2.45) is 0 Å². The highest BCUT2D eigenvalue weighted by molar-refractivity contribution is 5.91. The average Bonchev–Trinajstić information content (AvgIpc) is 3.21. The zero-order valence-corrected chi connectivity index (χ0v) is 19.6. The molecule has 0 aliphatic carbocycles. The molecule has 2 atom stereocenters. The lowest BCUT2D eigenvalue weighted by Gasteiger charge is -2.41. The van der Waals surface area contributed by atoms with Crippen LogP contribution in [0.2, 0.25) is 0 Å². The topological polar surface area (TPSA) is 71.6 Å². The minimum Gasteiger partial charge on any atom is -0.494 e. The van der Waals surface area contributed by atoms with Gasteiger partial charge in [-0.05, 0) is 42.7 Å². The van der Waals surface area contributed by atoms with Crippen LogP contribution >= 0.6 is 0 Å². The molecule has 1 aliphatic rings. The highest BCUT2D eigenvalue weighted by atomic mass is 16.5. The largest absolute Gasteiger partial charge is 0.494 e. The molecule has 0 saturated heterocycles. The standard InChI is InChI=1S/C27H32N2O4/c1-4-6-7-12-24(30)29-23(27(31)32-3)17-21-20-10-8-9-11-22(20)28-25(21)26(29)18-13-15-19(16-14-18)33-5-2/h8-11,13-16,23,26,28H,4-7,12,17H2,1-3H3. The number of hydrogen-bond acceptors (Lipinski definition) is 4. The van der Waals surface area contributed by atoms with Gasteiger partial charge < -0.3 is 19.4 Å². The van der Waals surface area contributed by atoms with Gasteiger partial charge in [0.05, 0.1) is 19.8 Å². The number of esters is 1. The van der Waals surface area contributed by atoms with Gasteiger partial charge in [0.1, 0.15) is 11.8 Å². The molecule has 2 heterocycles. The maximum absolute atomic E-state index is 13.6. The van der Waals surface area contributed by atoms with E-state index in [9.17, 15) is 9.59 Å². The molecule has 0 radical (unpaired) electrons. The molecule has 4 rings (SSSR count). The van der Waals surface area contributed by atoms with E-state index >= 15 is 0 Å². The van der Waals surface area contributed by atoms with E-state index in [4.69, 9.17) is 9.47 Å². The quantitative estimate of drug-likeness (QED) is 0.382. The average molecular weight is 449 g/mol. The summed E-state index contributed by atoms with van der Waals surface area (Å²) in [5.41, 5.74) is 3.97. The van der Waals surface area contributed by atoms with E-state index in [1.54, 1.807) is 4.90 Å². The third-order valence-electron chi connectivity index (χ3n) is 6.39. The molecule has 0 spiro atoms. The van der Waals surface area contributed by atoms with E-state index in [0.717, 1.165) is 52.7 Å². The summed E-state index contributed by atoms with van der Waals surface area (Å²) in [6, 6.07) is 14.8. The summed E-state index contributed by atoms with van der Waals surface area (Å²) < 4.78 is 10.8. The molecule has 0 fully saturated rings. The molecule has 1 amide bonds. The number of nitrogens with one attached hydrogen (secondary N) is 1. The number of amides is 1. The number of carbonyl (C=O) groups excluding carboxylic acids is 2. The monoisotopic (exact) mass is 448 g/mol. The third-order valence-corrected chi connectivity index (χ3v) is 6.39.